The maximum atomic E-state index is 12.4. The molecule has 2 aromatic carbocycles. The van der Waals surface area contributed by atoms with Gasteiger partial charge in [-0.3, -0.25) is 0 Å². The van der Waals surface area contributed by atoms with E-state index >= 15 is 0 Å². The summed E-state index contributed by atoms with van der Waals surface area (Å²) in [6.07, 6.45) is 1.29. The number of halogens is 1. The number of alkyl halides is 1. The van der Waals surface area contributed by atoms with Gasteiger partial charge in [-0.25, -0.2) is 8.42 Å². The third-order valence-corrected chi connectivity index (χ3v) is 6.21. The summed E-state index contributed by atoms with van der Waals surface area (Å²) >= 11 is 3.67. The van der Waals surface area contributed by atoms with Crippen molar-refractivity contribution in [3.63, 3.8) is 0 Å². The maximum absolute atomic E-state index is 12.4. The molecule has 0 heterocycles. The Morgan fingerprint density at radius 1 is 1.00 bits per heavy atom. The molecule has 0 N–H and O–H groups in total. The summed E-state index contributed by atoms with van der Waals surface area (Å²) < 4.78 is 24.7. The number of rotatable bonds is 6. The molecular weight excluding hydrogens is 348 g/mol. The van der Waals surface area contributed by atoms with Crippen LogP contribution in [0.5, 0.6) is 0 Å². The van der Waals surface area contributed by atoms with E-state index in [1.54, 1.807) is 12.1 Å². The first-order valence-electron chi connectivity index (χ1n) is 7.04. The van der Waals surface area contributed by atoms with Crippen LogP contribution in [0.1, 0.15) is 29.3 Å². The van der Waals surface area contributed by atoms with E-state index in [9.17, 15) is 8.42 Å². The van der Waals surface area contributed by atoms with Gasteiger partial charge in [0.25, 0.3) is 0 Å². The molecule has 112 valence electrons. The molecule has 0 amide bonds. The summed E-state index contributed by atoms with van der Waals surface area (Å²) in [5.41, 5.74) is 2.02. The van der Waals surface area contributed by atoms with Crippen molar-refractivity contribution in [2.24, 2.45) is 0 Å². The van der Waals surface area contributed by atoms with Gasteiger partial charge in [0.15, 0.2) is 9.84 Å². The highest BCUT2D eigenvalue weighted by atomic mass is 79.9. The number of hydrogen-bond donors (Lipinski definition) is 0. The van der Waals surface area contributed by atoms with Gasteiger partial charge in [-0.05, 0) is 30.0 Å². The Balaban J connectivity index is 2.29. The summed E-state index contributed by atoms with van der Waals surface area (Å²) in [6.45, 7) is 1.89. The zero-order valence-corrected chi connectivity index (χ0v) is 14.4. The Kier molecular flexibility index (Phi) is 5.59. The lowest BCUT2D eigenvalue weighted by Gasteiger charge is -2.14. The van der Waals surface area contributed by atoms with Crippen LogP contribution in [-0.2, 0) is 16.3 Å². The molecule has 1 unspecified atom stereocenters. The van der Waals surface area contributed by atoms with Gasteiger partial charge in [-0.15, -0.1) is 0 Å². The lowest BCUT2D eigenvalue weighted by Crippen LogP contribution is -2.10. The largest absolute Gasteiger partial charge is 0.224 e. The topological polar surface area (TPSA) is 34.1 Å². The Labute approximate surface area is 135 Å². The molecule has 1 atom stereocenters. The van der Waals surface area contributed by atoms with E-state index in [0.717, 1.165) is 11.1 Å². The van der Waals surface area contributed by atoms with Crippen molar-refractivity contribution in [1.82, 2.24) is 0 Å². The van der Waals surface area contributed by atoms with Gasteiger partial charge in [0, 0.05) is 4.83 Å². The molecule has 4 heteroatoms. The van der Waals surface area contributed by atoms with E-state index < -0.39 is 9.84 Å². The van der Waals surface area contributed by atoms with Gasteiger partial charge in [-0.1, -0.05) is 71.4 Å². The highest BCUT2D eigenvalue weighted by molar-refractivity contribution is 9.09. The fourth-order valence-corrected chi connectivity index (χ4v) is 4.58. The van der Waals surface area contributed by atoms with E-state index in [4.69, 9.17) is 0 Å². The van der Waals surface area contributed by atoms with Crippen molar-refractivity contribution in [2.45, 2.75) is 29.5 Å². The van der Waals surface area contributed by atoms with E-state index in [2.05, 4.69) is 15.9 Å². The molecular formula is C17H19BrO2S. The second-order valence-corrected chi connectivity index (χ2v) is 8.19. The third-order valence-electron chi connectivity index (χ3n) is 3.34. The molecule has 0 saturated heterocycles. The molecule has 21 heavy (non-hydrogen) atoms. The first-order valence-corrected chi connectivity index (χ1v) is 9.61. The average molecular weight is 367 g/mol. The zero-order valence-electron chi connectivity index (χ0n) is 12.0. The fraction of sp³-hybridized carbons (Fsp3) is 0.294. The smallest absolute Gasteiger partial charge is 0.178 e. The first kappa shape index (κ1) is 16.2. The lowest BCUT2D eigenvalue weighted by atomic mass is 10.0. The summed E-state index contributed by atoms with van der Waals surface area (Å²) in [7, 11) is -3.19. The van der Waals surface area contributed by atoms with Crippen molar-refractivity contribution in [3.8, 4) is 0 Å². The molecule has 0 aromatic heterocycles. The van der Waals surface area contributed by atoms with E-state index in [-0.39, 0.29) is 10.6 Å². The molecule has 0 spiro atoms. The molecule has 0 saturated carbocycles. The predicted octanol–water partition coefficient (Wildman–Crippen LogP) is 4.55. The van der Waals surface area contributed by atoms with Crippen LogP contribution in [-0.4, -0.2) is 14.2 Å². The van der Waals surface area contributed by atoms with Gasteiger partial charge in [-0.2, -0.15) is 0 Å². The quantitative estimate of drug-likeness (QED) is 0.702. The van der Waals surface area contributed by atoms with Crippen molar-refractivity contribution in [2.75, 3.05) is 5.75 Å². The molecule has 0 bridgehead atoms. The molecule has 0 radical (unpaired) electrons. The molecule has 2 rings (SSSR count). The van der Waals surface area contributed by atoms with Crippen LogP contribution < -0.4 is 0 Å². The molecule has 2 aromatic rings. The molecule has 2 nitrogen and oxygen atoms in total. The highest BCUT2D eigenvalue weighted by Crippen LogP contribution is 2.29. The minimum absolute atomic E-state index is 0.108. The van der Waals surface area contributed by atoms with Gasteiger partial charge < -0.3 is 0 Å². The minimum atomic E-state index is -3.19. The predicted molar refractivity (Wildman–Crippen MR) is 90.6 cm³/mol. The van der Waals surface area contributed by atoms with Crippen LogP contribution in [0.4, 0.5) is 0 Å². The summed E-state index contributed by atoms with van der Waals surface area (Å²) in [6, 6.07) is 17.3. The van der Waals surface area contributed by atoms with E-state index in [0.29, 0.717) is 17.7 Å². The van der Waals surface area contributed by atoms with Crippen molar-refractivity contribution >= 4 is 25.8 Å². The zero-order chi connectivity index (χ0) is 15.3. The van der Waals surface area contributed by atoms with Crippen molar-refractivity contribution in [3.05, 3.63) is 65.7 Å². The third kappa shape index (κ3) is 4.17. The fourth-order valence-electron chi connectivity index (χ4n) is 2.33. The second kappa shape index (κ2) is 7.23. The summed E-state index contributed by atoms with van der Waals surface area (Å²) in [5, 5.41) is 0. The van der Waals surface area contributed by atoms with Crippen LogP contribution in [0.2, 0.25) is 0 Å². The van der Waals surface area contributed by atoms with Crippen LogP contribution in [0, 0.1) is 0 Å². The summed E-state index contributed by atoms with van der Waals surface area (Å²) in [5.74, 6) is 0.197. The molecule has 0 aliphatic carbocycles. The Bertz CT molecular complexity index is 681. The van der Waals surface area contributed by atoms with Gasteiger partial charge in [0.1, 0.15) is 0 Å². The molecule has 0 aliphatic heterocycles. The maximum Gasteiger partial charge on any atom is 0.178 e. The Hall–Kier alpha value is -1.13. The monoisotopic (exact) mass is 366 g/mol. The number of sulfone groups is 1. The average Bonchev–Trinajstić information content (AvgIpc) is 2.48. The van der Waals surface area contributed by atoms with Crippen LogP contribution in [0.15, 0.2) is 59.5 Å². The molecule has 0 fully saturated rings. The summed E-state index contributed by atoms with van der Waals surface area (Å²) in [4.78, 5) is 0.573. The number of hydrogen-bond acceptors (Lipinski definition) is 2. The van der Waals surface area contributed by atoms with Crippen molar-refractivity contribution in [1.29, 1.82) is 0 Å². The standard InChI is InChI=1S/C17H19BrO2S/c1-2-12-21(19,20)17-11-7-6-10-15(17)13-16(18)14-8-4-3-5-9-14/h3-11,16H,2,12-13H2,1H3. The van der Waals surface area contributed by atoms with E-state index in [1.165, 1.54) is 0 Å². The SMILES string of the molecule is CCCS(=O)(=O)c1ccccc1CC(Br)c1ccccc1. The molecule has 0 aliphatic rings. The van der Waals surface area contributed by atoms with Gasteiger partial charge >= 0.3 is 0 Å². The van der Waals surface area contributed by atoms with E-state index in [1.807, 2.05) is 49.4 Å². The Morgan fingerprint density at radius 3 is 2.29 bits per heavy atom. The van der Waals surface area contributed by atoms with Crippen molar-refractivity contribution < 1.29 is 8.42 Å². The Morgan fingerprint density at radius 2 is 1.62 bits per heavy atom. The van der Waals surface area contributed by atoms with Gasteiger partial charge in [0.05, 0.1) is 10.6 Å². The van der Waals surface area contributed by atoms with Crippen LogP contribution in [0.25, 0.3) is 0 Å². The number of benzene rings is 2. The first-order chi connectivity index (χ1) is 10.0. The van der Waals surface area contributed by atoms with Crippen LogP contribution >= 0.6 is 15.9 Å². The second-order valence-electron chi connectivity index (χ2n) is 5.01. The lowest BCUT2D eigenvalue weighted by molar-refractivity contribution is 0.593. The minimum Gasteiger partial charge on any atom is -0.224 e. The normalized spacial score (nSPS) is 13.0. The van der Waals surface area contributed by atoms with Crippen LogP contribution in [0.3, 0.4) is 0 Å². The highest BCUT2D eigenvalue weighted by Gasteiger charge is 2.19. The van der Waals surface area contributed by atoms with Gasteiger partial charge in [0.2, 0.25) is 0 Å².